The van der Waals surface area contributed by atoms with Gasteiger partial charge < -0.3 is 20.5 Å². The summed E-state index contributed by atoms with van der Waals surface area (Å²) in [6, 6.07) is 6.87. The van der Waals surface area contributed by atoms with Gasteiger partial charge in [-0.3, -0.25) is 0 Å². The molecule has 1 aliphatic carbocycles. The van der Waals surface area contributed by atoms with Crippen LogP contribution in [0.4, 0.5) is 10.5 Å². The van der Waals surface area contributed by atoms with Gasteiger partial charge in [0.1, 0.15) is 5.75 Å². The van der Waals surface area contributed by atoms with Crippen molar-refractivity contribution in [3.05, 3.63) is 24.3 Å². The number of nitrogens with one attached hydrogen (secondary N) is 2. The van der Waals surface area contributed by atoms with E-state index < -0.39 is 0 Å². The Balaban J connectivity index is 1.88. The van der Waals surface area contributed by atoms with Gasteiger partial charge in [0.2, 0.25) is 0 Å². The van der Waals surface area contributed by atoms with Gasteiger partial charge >= 0.3 is 6.03 Å². The number of rotatable bonds is 3. The Morgan fingerprint density at radius 1 is 1.37 bits per heavy atom. The van der Waals surface area contributed by atoms with E-state index in [-0.39, 0.29) is 23.6 Å². The van der Waals surface area contributed by atoms with Crippen molar-refractivity contribution < 1.29 is 14.6 Å². The van der Waals surface area contributed by atoms with E-state index in [1.165, 1.54) is 0 Å². The minimum atomic E-state index is -0.348. The molecule has 2 amide bonds. The first-order chi connectivity index (χ1) is 8.93. The van der Waals surface area contributed by atoms with Gasteiger partial charge in [0.15, 0.2) is 0 Å². The van der Waals surface area contributed by atoms with Crippen LogP contribution in [0.25, 0.3) is 0 Å². The lowest BCUT2D eigenvalue weighted by molar-refractivity contribution is -0.0673. The minimum Gasteiger partial charge on any atom is -0.497 e. The lowest BCUT2D eigenvalue weighted by Gasteiger charge is -2.49. The molecule has 1 aliphatic rings. The van der Waals surface area contributed by atoms with E-state index in [0.717, 1.165) is 5.75 Å². The SMILES string of the molecule is COc1ccc(NC(=O)NC2CC(O)C2(C)C)cc1. The highest BCUT2D eigenvalue weighted by molar-refractivity contribution is 5.89. The Hall–Kier alpha value is -1.75. The molecule has 104 valence electrons. The summed E-state index contributed by atoms with van der Waals surface area (Å²) < 4.78 is 5.05. The van der Waals surface area contributed by atoms with E-state index in [4.69, 9.17) is 4.74 Å². The van der Waals surface area contributed by atoms with E-state index in [1.807, 2.05) is 13.8 Å². The fourth-order valence-electron chi connectivity index (χ4n) is 2.15. The standard InChI is InChI=1S/C14H20N2O3/c1-14(2)11(8-12(14)17)16-13(18)15-9-4-6-10(19-3)7-5-9/h4-7,11-12,17H,8H2,1-3H3,(H2,15,16,18). The lowest BCUT2D eigenvalue weighted by Crippen LogP contribution is -2.61. The van der Waals surface area contributed by atoms with Gasteiger partial charge in [0.05, 0.1) is 13.2 Å². The van der Waals surface area contributed by atoms with Crippen LogP contribution in [0, 0.1) is 5.41 Å². The molecule has 5 nitrogen and oxygen atoms in total. The van der Waals surface area contributed by atoms with Gasteiger partial charge in [-0.1, -0.05) is 13.8 Å². The molecule has 1 fully saturated rings. The zero-order valence-electron chi connectivity index (χ0n) is 11.4. The molecule has 2 unspecified atom stereocenters. The Kier molecular flexibility index (Phi) is 3.66. The Morgan fingerprint density at radius 2 is 2.00 bits per heavy atom. The number of aliphatic hydroxyl groups excluding tert-OH is 1. The van der Waals surface area contributed by atoms with Gasteiger partial charge in [0.25, 0.3) is 0 Å². The quantitative estimate of drug-likeness (QED) is 0.781. The third-order valence-corrected chi connectivity index (χ3v) is 3.87. The topological polar surface area (TPSA) is 70.6 Å². The molecule has 0 aromatic heterocycles. The molecule has 1 aromatic rings. The summed E-state index contributed by atoms with van der Waals surface area (Å²) in [5.41, 5.74) is 0.438. The molecule has 19 heavy (non-hydrogen) atoms. The van der Waals surface area contributed by atoms with Gasteiger partial charge in [-0.05, 0) is 30.7 Å². The summed E-state index contributed by atoms with van der Waals surface area (Å²) in [6.07, 6.45) is 0.252. The zero-order chi connectivity index (χ0) is 14.0. The van der Waals surface area contributed by atoms with Crippen LogP contribution in [0.1, 0.15) is 20.3 Å². The molecule has 0 bridgehead atoms. The van der Waals surface area contributed by atoms with E-state index in [1.54, 1.807) is 31.4 Å². The number of ether oxygens (including phenoxy) is 1. The van der Waals surface area contributed by atoms with Crippen molar-refractivity contribution in [2.24, 2.45) is 5.41 Å². The molecular formula is C14H20N2O3. The maximum absolute atomic E-state index is 11.8. The highest BCUT2D eigenvalue weighted by atomic mass is 16.5. The molecule has 0 saturated heterocycles. The summed E-state index contributed by atoms with van der Waals surface area (Å²) >= 11 is 0. The first-order valence-corrected chi connectivity index (χ1v) is 6.33. The predicted molar refractivity (Wildman–Crippen MR) is 73.3 cm³/mol. The Morgan fingerprint density at radius 3 is 2.47 bits per heavy atom. The molecule has 0 radical (unpaired) electrons. The number of hydrogen-bond acceptors (Lipinski definition) is 3. The van der Waals surface area contributed by atoms with Crippen LogP contribution in [0.3, 0.4) is 0 Å². The Bertz CT molecular complexity index is 456. The maximum Gasteiger partial charge on any atom is 0.319 e. The van der Waals surface area contributed by atoms with Crippen LogP contribution in [-0.4, -0.2) is 30.4 Å². The summed E-state index contributed by atoms with van der Waals surface area (Å²) in [6.45, 7) is 3.89. The molecule has 1 aromatic carbocycles. The van der Waals surface area contributed by atoms with Crippen LogP contribution >= 0.6 is 0 Å². The number of hydrogen-bond donors (Lipinski definition) is 3. The van der Waals surface area contributed by atoms with Crippen molar-refractivity contribution in [3.8, 4) is 5.75 Å². The van der Waals surface area contributed by atoms with Crippen LogP contribution < -0.4 is 15.4 Å². The van der Waals surface area contributed by atoms with Crippen molar-refractivity contribution in [2.45, 2.75) is 32.4 Å². The molecule has 0 heterocycles. The van der Waals surface area contributed by atoms with Crippen LogP contribution in [0.5, 0.6) is 5.75 Å². The summed E-state index contributed by atoms with van der Waals surface area (Å²) in [5, 5.41) is 15.3. The average Bonchev–Trinajstić information content (AvgIpc) is 2.39. The second-order valence-electron chi connectivity index (χ2n) is 5.45. The first-order valence-electron chi connectivity index (χ1n) is 6.33. The summed E-state index contributed by atoms with van der Waals surface area (Å²) in [7, 11) is 1.60. The van der Waals surface area contributed by atoms with Crippen LogP contribution in [-0.2, 0) is 0 Å². The van der Waals surface area contributed by atoms with Crippen molar-refractivity contribution >= 4 is 11.7 Å². The number of aliphatic hydroxyl groups is 1. The largest absolute Gasteiger partial charge is 0.497 e. The van der Waals surface area contributed by atoms with Crippen LogP contribution in [0.2, 0.25) is 0 Å². The monoisotopic (exact) mass is 264 g/mol. The molecule has 5 heteroatoms. The van der Waals surface area contributed by atoms with Gasteiger partial charge in [0, 0.05) is 17.1 Å². The molecular weight excluding hydrogens is 244 g/mol. The number of amides is 2. The average molecular weight is 264 g/mol. The number of carbonyl (C=O) groups is 1. The summed E-state index contributed by atoms with van der Waals surface area (Å²) in [4.78, 5) is 11.8. The highest BCUT2D eigenvalue weighted by Crippen LogP contribution is 2.40. The second-order valence-corrected chi connectivity index (χ2v) is 5.45. The molecule has 1 saturated carbocycles. The molecule has 2 rings (SSSR count). The molecule has 0 spiro atoms. The van der Waals surface area contributed by atoms with E-state index in [0.29, 0.717) is 12.1 Å². The number of carbonyl (C=O) groups excluding carboxylic acids is 1. The number of benzene rings is 1. The van der Waals surface area contributed by atoms with Crippen molar-refractivity contribution in [2.75, 3.05) is 12.4 Å². The Labute approximate surface area is 113 Å². The highest BCUT2D eigenvalue weighted by Gasteiger charge is 2.47. The van der Waals surface area contributed by atoms with Gasteiger partial charge in [-0.2, -0.15) is 0 Å². The van der Waals surface area contributed by atoms with E-state index in [9.17, 15) is 9.90 Å². The van der Waals surface area contributed by atoms with Gasteiger partial charge in [-0.25, -0.2) is 4.79 Å². The normalized spacial score (nSPS) is 24.2. The minimum absolute atomic E-state index is 0.000693. The maximum atomic E-state index is 11.8. The van der Waals surface area contributed by atoms with E-state index >= 15 is 0 Å². The van der Waals surface area contributed by atoms with Crippen molar-refractivity contribution in [1.29, 1.82) is 0 Å². The van der Waals surface area contributed by atoms with Crippen LogP contribution in [0.15, 0.2) is 24.3 Å². The number of urea groups is 1. The third kappa shape index (κ3) is 2.81. The lowest BCUT2D eigenvalue weighted by atomic mass is 9.65. The second kappa shape index (κ2) is 5.09. The fraction of sp³-hybridized carbons (Fsp3) is 0.500. The molecule has 3 N–H and O–H groups in total. The third-order valence-electron chi connectivity index (χ3n) is 3.87. The zero-order valence-corrected chi connectivity index (χ0v) is 11.4. The first kappa shape index (κ1) is 13.7. The van der Waals surface area contributed by atoms with E-state index in [2.05, 4.69) is 10.6 Å². The fourth-order valence-corrected chi connectivity index (χ4v) is 2.15. The van der Waals surface area contributed by atoms with Gasteiger partial charge in [-0.15, -0.1) is 0 Å². The number of methoxy groups -OCH3 is 1. The van der Waals surface area contributed by atoms with Crippen molar-refractivity contribution in [1.82, 2.24) is 5.32 Å². The number of anilines is 1. The molecule has 2 atom stereocenters. The summed E-state index contributed by atoms with van der Waals surface area (Å²) in [5.74, 6) is 0.745. The van der Waals surface area contributed by atoms with Crippen molar-refractivity contribution in [3.63, 3.8) is 0 Å². The molecule has 0 aliphatic heterocycles. The smallest absolute Gasteiger partial charge is 0.319 e. The predicted octanol–water partition coefficient (Wildman–Crippen LogP) is 1.98.